The quantitative estimate of drug-likeness (QED) is 0.643. The van der Waals surface area contributed by atoms with Gasteiger partial charge in [0.15, 0.2) is 17.0 Å². The fourth-order valence-electron chi connectivity index (χ4n) is 5.49. The number of carbonyl (C=O) groups excluding carboxylic acids is 3. The number of urea groups is 1. The number of imide groups is 2. The van der Waals surface area contributed by atoms with E-state index in [1.807, 2.05) is 6.92 Å². The number of hydroxylamine groups is 2. The molecule has 0 saturated carbocycles. The highest BCUT2D eigenvalue weighted by molar-refractivity contribution is 6.20. The summed E-state index contributed by atoms with van der Waals surface area (Å²) in [7, 11) is 1.58. The van der Waals surface area contributed by atoms with Crippen LogP contribution >= 0.6 is 0 Å². The Morgan fingerprint density at radius 2 is 1.94 bits per heavy atom. The second-order valence-electron chi connectivity index (χ2n) is 8.77. The number of hydrogen-bond donors (Lipinski definition) is 2. The van der Waals surface area contributed by atoms with E-state index in [0.29, 0.717) is 36.5 Å². The van der Waals surface area contributed by atoms with Crippen LogP contribution in [0.3, 0.4) is 0 Å². The van der Waals surface area contributed by atoms with Crippen molar-refractivity contribution in [2.45, 2.75) is 45.1 Å². The number of rotatable bonds is 3. The average molecular weight is 448 g/mol. The zero-order valence-corrected chi connectivity index (χ0v) is 18.1. The molecule has 0 aliphatic carbocycles. The van der Waals surface area contributed by atoms with E-state index in [-0.39, 0.29) is 24.8 Å². The summed E-state index contributed by atoms with van der Waals surface area (Å²) in [5.41, 5.74) is -0.160. The van der Waals surface area contributed by atoms with Gasteiger partial charge in [0.1, 0.15) is 0 Å². The molecule has 2 N–H and O–H groups in total. The molecule has 0 aromatic heterocycles. The van der Waals surface area contributed by atoms with Gasteiger partial charge in [0, 0.05) is 25.6 Å². The topological polar surface area (TPSA) is 109 Å². The molecule has 5 rings (SSSR count). The predicted octanol–water partition coefficient (Wildman–Crippen LogP) is 0.472. The smallest absolute Gasteiger partial charge is 0.328 e. The molecule has 3 atom stereocenters. The molecule has 2 fully saturated rings. The van der Waals surface area contributed by atoms with Crippen molar-refractivity contribution in [1.29, 1.82) is 0 Å². The van der Waals surface area contributed by atoms with Gasteiger partial charge >= 0.3 is 6.03 Å². The molecule has 0 unspecified atom stereocenters. The Hall–Kier alpha value is -2.76. The molecular formula is C21H25FN4O6. The minimum absolute atomic E-state index is 0.0567. The van der Waals surface area contributed by atoms with Gasteiger partial charge in [-0.05, 0) is 25.5 Å². The zero-order valence-electron chi connectivity index (χ0n) is 18.1. The molecule has 4 aliphatic heterocycles. The van der Waals surface area contributed by atoms with Gasteiger partial charge < -0.3 is 19.2 Å². The number of hydrogen-bond acceptors (Lipinski definition) is 8. The molecular weight excluding hydrogens is 423 g/mol. The Bertz CT molecular complexity index is 996. The number of methoxy groups -OCH3 is 1. The van der Waals surface area contributed by atoms with E-state index in [9.17, 15) is 14.4 Å². The third-order valence-corrected chi connectivity index (χ3v) is 6.67. The molecule has 10 nitrogen and oxygen atoms in total. The molecule has 1 spiro atoms. The molecule has 2 saturated heterocycles. The number of nitrogens with zero attached hydrogens (tertiary/aromatic N) is 2. The number of halogens is 1. The summed E-state index contributed by atoms with van der Waals surface area (Å²) in [6.07, 6.45) is -0.880. The Morgan fingerprint density at radius 3 is 2.62 bits per heavy atom. The van der Waals surface area contributed by atoms with Gasteiger partial charge in [-0.25, -0.2) is 9.18 Å². The third kappa shape index (κ3) is 2.91. The highest BCUT2D eigenvalue weighted by atomic mass is 19.1. The van der Waals surface area contributed by atoms with E-state index in [2.05, 4.69) is 10.6 Å². The molecule has 4 amide bonds. The highest BCUT2D eigenvalue weighted by Gasteiger charge is 2.63. The first-order valence-corrected chi connectivity index (χ1v) is 10.6. The van der Waals surface area contributed by atoms with Crippen LogP contribution < -0.4 is 20.4 Å². The second kappa shape index (κ2) is 7.39. The zero-order chi connectivity index (χ0) is 22.8. The monoisotopic (exact) mass is 448 g/mol. The first-order chi connectivity index (χ1) is 15.3. The number of anilines is 1. The van der Waals surface area contributed by atoms with Gasteiger partial charge in [0.25, 0.3) is 0 Å². The first kappa shape index (κ1) is 21.1. The Balaban J connectivity index is 1.64. The lowest BCUT2D eigenvalue weighted by Gasteiger charge is -2.55. The fraction of sp³-hybridized carbons (Fsp3) is 0.571. The van der Waals surface area contributed by atoms with E-state index < -0.39 is 41.2 Å². The first-order valence-electron chi connectivity index (χ1n) is 10.6. The van der Waals surface area contributed by atoms with Crippen molar-refractivity contribution in [3.63, 3.8) is 0 Å². The van der Waals surface area contributed by atoms with Crippen LogP contribution in [0, 0.1) is 11.2 Å². The van der Waals surface area contributed by atoms with Crippen LogP contribution in [0.2, 0.25) is 0 Å². The van der Waals surface area contributed by atoms with Crippen molar-refractivity contribution < 1.29 is 33.1 Å². The van der Waals surface area contributed by atoms with Gasteiger partial charge in [-0.3, -0.25) is 20.2 Å². The van der Waals surface area contributed by atoms with Crippen molar-refractivity contribution in [3.8, 4) is 5.75 Å². The van der Waals surface area contributed by atoms with E-state index in [0.717, 1.165) is 0 Å². The van der Waals surface area contributed by atoms with Crippen molar-refractivity contribution >= 4 is 23.5 Å². The number of amides is 4. The molecule has 0 radical (unpaired) electrons. The molecule has 1 aromatic rings. The molecule has 1 aromatic carbocycles. The van der Waals surface area contributed by atoms with Gasteiger partial charge in [-0.2, -0.15) is 0 Å². The van der Waals surface area contributed by atoms with E-state index in [4.69, 9.17) is 14.3 Å². The lowest BCUT2D eigenvalue weighted by molar-refractivity contribution is -0.153. The van der Waals surface area contributed by atoms with Crippen LogP contribution in [0.15, 0.2) is 6.07 Å². The van der Waals surface area contributed by atoms with Gasteiger partial charge in [-0.1, -0.05) is 0 Å². The summed E-state index contributed by atoms with van der Waals surface area (Å²) in [6, 6.07) is 0.140. The Morgan fingerprint density at radius 1 is 1.22 bits per heavy atom. The lowest BCUT2D eigenvalue weighted by Crippen LogP contribution is -2.75. The van der Waals surface area contributed by atoms with Crippen molar-refractivity contribution in [3.05, 3.63) is 23.0 Å². The van der Waals surface area contributed by atoms with Crippen LogP contribution in [0.1, 0.15) is 25.0 Å². The summed E-state index contributed by atoms with van der Waals surface area (Å²) in [5, 5.41) is 6.07. The minimum atomic E-state index is -1.63. The number of carbonyl (C=O) groups is 3. The number of ether oxygens (including phenoxy) is 2. The number of morpholine rings is 1. The largest absolute Gasteiger partial charge is 0.402 e. The number of barbiturate groups is 1. The van der Waals surface area contributed by atoms with Gasteiger partial charge in [-0.15, -0.1) is 5.06 Å². The third-order valence-electron chi connectivity index (χ3n) is 6.67. The van der Waals surface area contributed by atoms with E-state index in [1.165, 1.54) is 0 Å². The maximum atomic E-state index is 15.9. The molecule has 172 valence electrons. The molecule has 32 heavy (non-hydrogen) atoms. The maximum Gasteiger partial charge on any atom is 0.328 e. The summed E-state index contributed by atoms with van der Waals surface area (Å²) in [4.78, 5) is 45.6. The minimum Gasteiger partial charge on any atom is -0.402 e. The number of fused-ring (bicyclic) bond motifs is 5. The number of benzene rings is 1. The van der Waals surface area contributed by atoms with E-state index >= 15 is 4.39 Å². The summed E-state index contributed by atoms with van der Waals surface area (Å²) < 4.78 is 26.9. The Kier molecular flexibility index (Phi) is 4.88. The molecule has 0 bridgehead atoms. The van der Waals surface area contributed by atoms with Crippen molar-refractivity contribution in [2.24, 2.45) is 5.41 Å². The van der Waals surface area contributed by atoms with Crippen LogP contribution in [0.4, 0.5) is 14.9 Å². The summed E-state index contributed by atoms with van der Waals surface area (Å²) in [6.45, 7) is 5.12. The van der Waals surface area contributed by atoms with Crippen molar-refractivity contribution in [2.75, 3.05) is 31.7 Å². The maximum absolute atomic E-state index is 15.9. The van der Waals surface area contributed by atoms with Crippen LogP contribution in [-0.2, 0) is 32.0 Å². The average Bonchev–Trinajstić information content (AvgIpc) is 3.13. The van der Waals surface area contributed by atoms with Gasteiger partial charge in [0.05, 0.1) is 43.6 Å². The standard InChI is InChI=1S/C21H25FN4O6/c1-10-8-26-15-12(6-13-9-25(4-5-30-3)32-16(13)14(15)22)7-21(17(26)11(2)31-10)18(27)23-20(29)24-19(21)28/h6,10-11,17H,4-5,7-9H2,1-3H3,(H2,23,24,27,28,29)/t10-,11+,17-/m0/s1. The van der Waals surface area contributed by atoms with Crippen LogP contribution in [-0.4, -0.2) is 68.0 Å². The molecule has 11 heteroatoms. The molecule has 4 aliphatic rings. The SMILES string of the molecule is COCCN1Cc2cc3c(c(F)c2O1)N1C[C@H](C)O[C@H](C)[C@H]1C1(C3)C(=O)NC(=O)NC1=O. The van der Waals surface area contributed by atoms with Crippen LogP contribution in [0.5, 0.6) is 5.75 Å². The molecule has 4 heterocycles. The summed E-state index contributed by atoms with van der Waals surface area (Å²) in [5.74, 6) is -1.77. The normalized spacial score (nSPS) is 28.6. The van der Waals surface area contributed by atoms with E-state index in [1.54, 1.807) is 30.1 Å². The number of nitrogens with one attached hydrogen (secondary N) is 2. The van der Waals surface area contributed by atoms with Gasteiger partial charge in [0.2, 0.25) is 11.8 Å². The highest BCUT2D eigenvalue weighted by Crippen LogP contribution is 2.50. The fourth-order valence-corrected chi connectivity index (χ4v) is 5.49. The lowest BCUT2D eigenvalue weighted by atomic mass is 9.66. The second-order valence-corrected chi connectivity index (χ2v) is 8.77. The predicted molar refractivity (Wildman–Crippen MR) is 108 cm³/mol. The van der Waals surface area contributed by atoms with Crippen molar-refractivity contribution in [1.82, 2.24) is 15.7 Å². The Labute approximate surface area is 183 Å². The van der Waals surface area contributed by atoms with Crippen LogP contribution in [0.25, 0.3) is 0 Å². The summed E-state index contributed by atoms with van der Waals surface area (Å²) >= 11 is 0.